The molecule has 0 aliphatic heterocycles. The van der Waals surface area contributed by atoms with Crippen LogP contribution >= 0.6 is 0 Å². The second kappa shape index (κ2) is 8.89. The van der Waals surface area contributed by atoms with Crippen LogP contribution in [-0.4, -0.2) is 37.2 Å². The summed E-state index contributed by atoms with van der Waals surface area (Å²) in [5.74, 6) is -1.64. The van der Waals surface area contributed by atoms with Crippen molar-refractivity contribution in [2.24, 2.45) is 11.3 Å². The Morgan fingerprint density at radius 3 is 2.00 bits per heavy atom. The summed E-state index contributed by atoms with van der Waals surface area (Å²) in [7, 11) is 1.29. The van der Waals surface area contributed by atoms with E-state index >= 15 is 0 Å². The van der Waals surface area contributed by atoms with Gasteiger partial charge < -0.3 is 14.2 Å². The minimum Gasteiger partial charge on any atom is -0.469 e. The molecule has 0 aliphatic carbocycles. The quantitative estimate of drug-likeness (QED) is 0.503. The van der Waals surface area contributed by atoms with Gasteiger partial charge in [-0.25, -0.2) is 0 Å². The average Bonchev–Trinajstić information content (AvgIpc) is 2.40. The molecule has 0 amide bonds. The number of carbonyl (C=O) groups excluding carboxylic acids is 3. The molecule has 0 aliphatic rings. The number of carbonyl (C=O) groups is 3. The lowest BCUT2D eigenvalue weighted by atomic mass is 9.88. The van der Waals surface area contributed by atoms with Gasteiger partial charge in [-0.2, -0.15) is 0 Å². The van der Waals surface area contributed by atoms with E-state index < -0.39 is 22.9 Å². The van der Waals surface area contributed by atoms with Crippen molar-refractivity contribution in [1.29, 1.82) is 0 Å². The first-order valence-electron chi connectivity index (χ1n) is 7.90. The molecule has 23 heavy (non-hydrogen) atoms. The van der Waals surface area contributed by atoms with Crippen molar-refractivity contribution < 1.29 is 28.6 Å². The molecule has 1 unspecified atom stereocenters. The summed E-state index contributed by atoms with van der Waals surface area (Å²) in [6.45, 7) is 10.5. The summed E-state index contributed by atoms with van der Waals surface area (Å²) in [5.41, 5.74) is -1.59. The minimum absolute atomic E-state index is 0.000325. The fourth-order valence-electron chi connectivity index (χ4n) is 1.81. The third-order valence-corrected chi connectivity index (χ3v) is 3.48. The molecule has 1 atom stereocenters. The molecule has 0 radical (unpaired) electrons. The molecular weight excluding hydrogens is 300 g/mol. The number of hydrogen-bond acceptors (Lipinski definition) is 6. The van der Waals surface area contributed by atoms with Gasteiger partial charge in [-0.15, -0.1) is 0 Å². The standard InChI is InChI=1S/C17H30O6/c1-8-9-13(18)23-17(5,6)12(10-14(19)21-7)11-22-15(20)16(2,3)4/h12H,8-11H2,1-7H3. The molecule has 0 N–H and O–H groups in total. The lowest BCUT2D eigenvalue weighted by Crippen LogP contribution is -2.41. The second-order valence-electron chi connectivity index (χ2n) is 7.15. The maximum absolute atomic E-state index is 11.9. The van der Waals surface area contributed by atoms with Crippen molar-refractivity contribution in [3.05, 3.63) is 0 Å². The van der Waals surface area contributed by atoms with Gasteiger partial charge in [-0.1, -0.05) is 6.92 Å². The molecule has 0 heterocycles. The van der Waals surface area contributed by atoms with Gasteiger partial charge in [0.15, 0.2) is 0 Å². The monoisotopic (exact) mass is 330 g/mol. The summed E-state index contributed by atoms with van der Waals surface area (Å²) in [4.78, 5) is 35.3. The molecule has 6 nitrogen and oxygen atoms in total. The van der Waals surface area contributed by atoms with E-state index in [0.29, 0.717) is 12.8 Å². The smallest absolute Gasteiger partial charge is 0.311 e. The van der Waals surface area contributed by atoms with E-state index in [1.54, 1.807) is 34.6 Å². The van der Waals surface area contributed by atoms with Gasteiger partial charge in [-0.3, -0.25) is 14.4 Å². The number of hydrogen-bond donors (Lipinski definition) is 0. The Morgan fingerprint density at radius 2 is 1.57 bits per heavy atom. The van der Waals surface area contributed by atoms with Gasteiger partial charge in [0.05, 0.1) is 25.6 Å². The van der Waals surface area contributed by atoms with Crippen LogP contribution in [0, 0.1) is 11.3 Å². The van der Waals surface area contributed by atoms with Crippen LogP contribution in [0.25, 0.3) is 0 Å². The first-order chi connectivity index (χ1) is 10.4. The molecular formula is C17H30O6. The third-order valence-electron chi connectivity index (χ3n) is 3.48. The SMILES string of the molecule is CCCC(=O)OC(C)(C)C(COC(=O)C(C)(C)C)CC(=O)OC. The van der Waals surface area contributed by atoms with Crippen LogP contribution in [0.2, 0.25) is 0 Å². The van der Waals surface area contributed by atoms with E-state index in [1.807, 2.05) is 6.92 Å². The molecule has 6 heteroatoms. The fourth-order valence-corrected chi connectivity index (χ4v) is 1.81. The van der Waals surface area contributed by atoms with E-state index in [2.05, 4.69) is 4.74 Å². The summed E-state index contributed by atoms with van der Waals surface area (Å²) in [5, 5.41) is 0. The molecule has 0 bridgehead atoms. The van der Waals surface area contributed by atoms with Crippen molar-refractivity contribution in [2.75, 3.05) is 13.7 Å². The molecule has 0 fully saturated rings. The van der Waals surface area contributed by atoms with Crippen molar-refractivity contribution in [2.45, 2.75) is 66.4 Å². The molecule has 0 rings (SSSR count). The van der Waals surface area contributed by atoms with Gasteiger partial charge >= 0.3 is 17.9 Å². The van der Waals surface area contributed by atoms with Gasteiger partial charge in [-0.05, 0) is 41.0 Å². The van der Waals surface area contributed by atoms with Crippen LogP contribution in [0.1, 0.15) is 60.8 Å². The van der Waals surface area contributed by atoms with Crippen LogP contribution < -0.4 is 0 Å². The summed E-state index contributed by atoms with van der Waals surface area (Å²) < 4.78 is 15.5. The van der Waals surface area contributed by atoms with Crippen LogP contribution in [0.5, 0.6) is 0 Å². The van der Waals surface area contributed by atoms with Crippen LogP contribution in [-0.2, 0) is 28.6 Å². The lowest BCUT2D eigenvalue weighted by Gasteiger charge is -2.33. The zero-order valence-electron chi connectivity index (χ0n) is 15.4. The summed E-state index contributed by atoms with van der Waals surface area (Å²) >= 11 is 0. The Bertz CT molecular complexity index is 419. The molecule has 134 valence electrons. The zero-order valence-corrected chi connectivity index (χ0v) is 15.4. The predicted octanol–water partition coefficient (Wildman–Crippen LogP) is 2.88. The lowest BCUT2D eigenvalue weighted by molar-refractivity contribution is -0.172. The van der Waals surface area contributed by atoms with Gasteiger partial charge in [0.1, 0.15) is 5.60 Å². The normalized spacial score (nSPS) is 13.2. The van der Waals surface area contributed by atoms with E-state index in [-0.39, 0.29) is 25.0 Å². The maximum Gasteiger partial charge on any atom is 0.311 e. The van der Waals surface area contributed by atoms with Gasteiger partial charge in [0, 0.05) is 12.3 Å². The first kappa shape index (κ1) is 21.4. The highest BCUT2D eigenvalue weighted by molar-refractivity contribution is 5.75. The largest absolute Gasteiger partial charge is 0.469 e. The van der Waals surface area contributed by atoms with E-state index in [4.69, 9.17) is 9.47 Å². The molecule has 0 aromatic heterocycles. The Kier molecular flexibility index (Phi) is 8.28. The third kappa shape index (κ3) is 8.00. The maximum atomic E-state index is 11.9. The van der Waals surface area contributed by atoms with Crippen LogP contribution in [0.15, 0.2) is 0 Å². The second-order valence-corrected chi connectivity index (χ2v) is 7.15. The number of methoxy groups -OCH3 is 1. The first-order valence-corrected chi connectivity index (χ1v) is 7.90. The van der Waals surface area contributed by atoms with Crippen molar-refractivity contribution in [3.8, 4) is 0 Å². The Hall–Kier alpha value is -1.59. The molecule has 0 spiro atoms. The van der Waals surface area contributed by atoms with Crippen LogP contribution in [0.3, 0.4) is 0 Å². The molecule has 0 aromatic rings. The summed E-state index contributed by atoms with van der Waals surface area (Å²) in [6.07, 6.45) is 0.978. The topological polar surface area (TPSA) is 78.9 Å². The number of esters is 3. The zero-order chi connectivity index (χ0) is 18.3. The number of ether oxygens (including phenoxy) is 3. The summed E-state index contributed by atoms with van der Waals surface area (Å²) in [6, 6.07) is 0. The van der Waals surface area contributed by atoms with E-state index in [0.717, 1.165) is 0 Å². The van der Waals surface area contributed by atoms with Gasteiger partial charge in [0.2, 0.25) is 0 Å². The highest BCUT2D eigenvalue weighted by Crippen LogP contribution is 2.27. The molecule has 0 saturated heterocycles. The Balaban J connectivity index is 5.01. The van der Waals surface area contributed by atoms with Crippen LogP contribution in [0.4, 0.5) is 0 Å². The van der Waals surface area contributed by atoms with E-state index in [1.165, 1.54) is 7.11 Å². The highest BCUT2D eigenvalue weighted by Gasteiger charge is 2.37. The molecule has 0 saturated carbocycles. The number of rotatable bonds is 8. The van der Waals surface area contributed by atoms with Gasteiger partial charge in [0.25, 0.3) is 0 Å². The van der Waals surface area contributed by atoms with Crippen molar-refractivity contribution >= 4 is 17.9 Å². The Labute approximate surface area is 138 Å². The van der Waals surface area contributed by atoms with E-state index in [9.17, 15) is 14.4 Å². The van der Waals surface area contributed by atoms with Crippen molar-refractivity contribution in [1.82, 2.24) is 0 Å². The van der Waals surface area contributed by atoms with Crippen molar-refractivity contribution in [3.63, 3.8) is 0 Å². The minimum atomic E-state index is -0.946. The Morgan fingerprint density at radius 1 is 1.00 bits per heavy atom. The fraction of sp³-hybridized carbons (Fsp3) is 0.824. The average molecular weight is 330 g/mol. The predicted molar refractivity (Wildman–Crippen MR) is 85.6 cm³/mol. The molecule has 0 aromatic carbocycles. The highest BCUT2D eigenvalue weighted by atomic mass is 16.6.